The van der Waals surface area contributed by atoms with Gasteiger partial charge in [0.15, 0.2) is 5.82 Å². The highest BCUT2D eigenvalue weighted by molar-refractivity contribution is 5.96. The summed E-state index contributed by atoms with van der Waals surface area (Å²) < 4.78 is 0. The number of nitrogens with zero attached hydrogens (tertiary/aromatic N) is 5. The first-order valence-electron chi connectivity index (χ1n) is 9.43. The number of pyridine rings is 1. The Bertz CT molecular complexity index is 969. The van der Waals surface area contributed by atoms with Crippen LogP contribution in [0.2, 0.25) is 0 Å². The normalized spacial score (nSPS) is 13.2. The lowest BCUT2D eigenvalue weighted by atomic mass is 10.1. The highest BCUT2D eigenvalue weighted by Gasteiger charge is 2.33. The third-order valence-electron chi connectivity index (χ3n) is 4.79. The number of rotatable bonds is 6. The SMILES string of the molecule is CN(C)c1nccnc1-c1cccc(C(=O)N(Cc2ccccn2)C2CC2)c1. The molecule has 1 aliphatic carbocycles. The molecule has 1 fully saturated rings. The predicted octanol–water partition coefficient (Wildman–Crippen LogP) is 3.41. The van der Waals surface area contributed by atoms with Crippen molar-refractivity contribution in [1.82, 2.24) is 19.9 Å². The lowest BCUT2D eigenvalue weighted by molar-refractivity contribution is 0.0728. The maximum Gasteiger partial charge on any atom is 0.254 e. The van der Waals surface area contributed by atoms with E-state index in [1.165, 1.54) is 0 Å². The van der Waals surface area contributed by atoms with Crippen LogP contribution in [0.15, 0.2) is 61.1 Å². The Hall–Kier alpha value is -3.28. The first-order chi connectivity index (χ1) is 13.6. The predicted molar refractivity (Wildman–Crippen MR) is 109 cm³/mol. The summed E-state index contributed by atoms with van der Waals surface area (Å²) in [6.45, 7) is 0.530. The van der Waals surface area contributed by atoms with Crippen LogP contribution in [-0.2, 0) is 6.54 Å². The standard InChI is InChI=1S/C22H23N5O/c1-26(2)21-20(24-12-13-25-21)16-6-5-7-17(14-16)22(28)27(19-9-10-19)15-18-8-3-4-11-23-18/h3-8,11-14,19H,9-10,15H2,1-2H3. The Balaban J connectivity index is 1.64. The molecule has 4 rings (SSSR count). The lowest BCUT2D eigenvalue weighted by Gasteiger charge is -2.22. The van der Waals surface area contributed by atoms with Crippen molar-refractivity contribution in [1.29, 1.82) is 0 Å². The van der Waals surface area contributed by atoms with E-state index in [-0.39, 0.29) is 5.91 Å². The van der Waals surface area contributed by atoms with Gasteiger partial charge in [0.2, 0.25) is 0 Å². The maximum absolute atomic E-state index is 13.3. The van der Waals surface area contributed by atoms with Gasteiger partial charge in [0.25, 0.3) is 5.91 Å². The van der Waals surface area contributed by atoms with Crippen LogP contribution in [0.25, 0.3) is 11.3 Å². The molecule has 142 valence electrons. The molecule has 2 heterocycles. The van der Waals surface area contributed by atoms with Crippen LogP contribution >= 0.6 is 0 Å². The Kier molecular flexibility index (Phi) is 5.02. The van der Waals surface area contributed by atoms with E-state index in [1.807, 2.05) is 66.4 Å². The van der Waals surface area contributed by atoms with Crippen molar-refractivity contribution in [3.63, 3.8) is 0 Å². The van der Waals surface area contributed by atoms with E-state index in [4.69, 9.17) is 0 Å². The summed E-state index contributed by atoms with van der Waals surface area (Å²) in [5.41, 5.74) is 3.22. The maximum atomic E-state index is 13.3. The summed E-state index contributed by atoms with van der Waals surface area (Å²) in [6.07, 6.45) is 7.21. The van der Waals surface area contributed by atoms with Crippen molar-refractivity contribution in [3.8, 4) is 11.3 Å². The fourth-order valence-corrected chi connectivity index (χ4v) is 3.25. The van der Waals surface area contributed by atoms with Crippen LogP contribution in [0.3, 0.4) is 0 Å². The largest absolute Gasteiger partial charge is 0.361 e. The summed E-state index contributed by atoms with van der Waals surface area (Å²) in [4.78, 5) is 30.4. The number of carbonyl (C=O) groups excluding carboxylic acids is 1. The first-order valence-corrected chi connectivity index (χ1v) is 9.43. The van der Waals surface area contributed by atoms with E-state index >= 15 is 0 Å². The second-order valence-electron chi connectivity index (χ2n) is 7.19. The summed E-state index contributed by atoms with van der Waals surface area (Å²) in [5.74, 6) is 0.810. The van der Waals surface area contributed by atoms with Crippen LogP contribution in [0.1, 0.15) is 28.9 Å². The van der Waals surface area contributed by atoms with Gasteiger partial charge in [0.05, 0.1) is 12.2 Å². The minimum absolute atomic E-state index is 0.0327. The van der Waals surface area contributed by atoms with Crippen molar-refractivity contribution < 1.29 is 4.79 Å². The summed E-state index contributed by atoms with van der Waals surface area (Å²) in [5, 5.41) is 0. The molecular formula is C22H23N5O. The fourth-order valence-electron chi connectivity index (χ4n) is 3.25. The average Bonchev–Trinajstić information content (AvgIpc) is 3.57. The van der Waals surface area contributed by atoms with Gasteiger partial charge < -0.3 is 9.80 Å². The monoisotopic (exact) mass is 373 g/mol. The van der Waals surface area contributed by atoms with E-state index in [1.54, 1.807) is 18.6 Å². The summed E-state index contributed by atoms with van der Waals surface area (Å²) in [6, 6.07) is 13.7. The minimum atomic E-state index is 0.0327. The highest BCUT2D eigenvalue weighted by atomic mass is 16.2. The van der Waals surface area contributed by atoms with Crippen LogP contribution < -0.4 is 4.90 Å². The Labute approximate surface area is 164 Å². The molecule has 6 nitrogen and oxygen atoms in total. The second-order valence-corrected chi connectivity index (χ2v) is 7.19. The van der Waals surface area contributed by atoms with Crippen LogP contribution in [0.4, 0.5) is 5.82 Å². The number of aromatic nitrogens is 3. The molecule has 0 radical (unpaired) electrons. The molecular weight excluding hydrogens is 350 g/mol. The fraction of sp³-hybridized carbons (Fsp3) is 0.273. The Morgan fingerprint density at radius 3 is 2.54 bits per heavy atom. The zero-order chi connectivity index (χ0) is 19.5. The van der Waals surface area contributed by atoms with Crippen molar-refractivity contribution >= 4 is 11.7 Å². The van der Waals surface area contributed by atoms with Gasteiger partial charge in [0, 0.05) is 49.9 Å². The van der Waals surface area contributed by atoms with Gasteiger partial charge >= 0.3 is 0 Å². The van der Waals surface area contributed by atoms with Gasteiger partial charge in [-0.15, -0.1) is 0 Å². The molecule has 6 heteroatoms. The zero-order valence-electron chi connectivity index (χ0n) is 16.1. The number of anilines is 1. The quantitative estimate of drug-likeness (QED) is 0.663. The molecule has 28 heavy (non-hydrogen) atoms. The molecule has 0 spiro atoms. The van der Waals surface area contributed by atoms with Crippen LogP contribution in [0.5, 0.6) is 0 Å². The minimum Gasteiger partial charge on any atom is -0.361 e. The number of hydrogen-bond acceptors (Lipinski definition) is 5. The van der Waals surface area contributed by atoms with Crippen molar-refractivity contribution in [2.75, 3.05) is 19.0 Å². The van der Waals surface area contributed by atoms with E-state index < -0.39 is 0 Å². The molecule has 0 unspecified atom stereocenters. The molecule has 0 atom stereocenters. The third kappa shape index (κ3) is 3.86. The molecule has 0 saturated heterocycles. The molecule has 3 aromatic rings. The molecule has 1 aliphatic rings. The number of amides is 1. The second kappa shape index (κ2) is 7.76. The number of hydrogen-bond donors (Lipinski definition) is 0. The van der Waals surface area contributed by atoms with Gasteiger partial charge in [0.1, 0.15) is 5.69 Å². The van der Waals surface area contributed by atoms with Gasteiger partial charge in [-0.3, -0.25) is 14.8 Å². The van der Waals surface area contributed by atoms with E-state index in [9.17, 15) is 4.79 Å². The number of carbonyl (C=O) groups is 1. The van der Waals surface area contributed by atoms with E-state index in [2.05, 4.69) is 15.0 Å². The average molecular weight is 373 g/mol. The number of benzene rings is 1. The Morgan fingerprint density at radius 2 is 1.82 bits per heavy atom. The molecule has 1 amide bonds. The third-order valence-corrected chi connectivity index (χ3v) is 4.79. The zero-order valence-corrected chi connectivity index (χ0v) is 16.1. The van der Waals surface area contributed by atoms with Gasteiger partial charge in [-0.2, -0.15) is 0 Å². The Morgan fingerprint density at radius 1 is 1.00 bits per heavy atom. The smallest absolute Gasteiger partial charge is 0.254 e. The molecule has 1 aromatic carbocycles. The molecule has 0 aliphatic heterocycles. The van der Waals surface area contributed by atoms with Crippen molar-refractivity contribution in [3.05, 3.63) is 72.3 Å². The van der Waals surface area contributed by atoms with Crippen molar-refractivity contribution in [2.45, 2.75) is 25.4 Å². The molecule has 1 saturated carbocycles. The summed E-state index contributed by atoms with van der Waals surface area (Å²) >= 11 is 0. The van der Waals surface area contributed by atoms with E-state index in [0.717, 1.165) is 35.6 Å². The highest BCUT2D eigenvalue weighted by Crippen LogP contribution is 2.31. The lowest BCUT2D eigenvalue weighted by Crippen LogP contribution is -2.32. The van der Waals surface area contributed by atoms with Gasteiger partial charge in [-0.25, -0.2) is 4.98 Å². The van der Waals surface area contributed by atoms with E-state index in [0.29, 0.717) is 18.2 Å². The first kappa shape index (κ1) is 18.1. The van der Waals surface area contributed by atoms with Gasteiger partial charge in [-0.05, 0) is 37.1 Å². The molecule has 2 aromatic heterocycles. The summed E-state index contributed by atoms with van der Waals surface area (Å²) in [7, 11) is 3.87. The topological polar surface area (TPSA) is 62.2 Å². The van der Waals surface area contributed by atoms with Crippen molar-refractivity contribution in [2.24, 2.45) is 0 Å². The molecule has 0 bridgehead atoms. The molecule has 0 N–H and O–H groups in total. The van der Waals surface area contributed by atoms with Crippen LogP contribution in [-0.4, -0.2) is 45.9 Å². The van der Waals surface area contributed by atoms with Gasteiger partial charge in [-0.1, -0.05) is 18.2 Å². The van der Waals surface area contributed by atoms with Crippen LogP contribution in [0, 0.1) is 0 Å².